The Morgan fingerprint density at radius 3 is 2.79 bits per heavy atom. The minimum absolute atomic E-state index is 0.0323. The summed E-state index contributed by atoms with van der Waals surface area (Å²) in [6.07, 6.45) is 2.96. The lowest BCUT2D eigenvalue weighted by atomic mass is 9.99. The molecule has 1 saturated heterocycles. The summed E-state index contributed by atoms with van der Waals surface area (Å²) in [6.45, 7) is 10.7. The van der Waals surface area contributed by atoms with Crippen LogP contribution >= 0.6 is 11.6 Å². The Balaban J connectivity index is 1.71. The second-order valence-corrected chi connectivity index (χ2v) is 11.2. The molecule has 1 atom stereocenters. The fourth-order valence-corrected chi connectivity index (χ4v) is 6.20. The average molecular weight is 590 g/mol. The monoisotopic (exact) mass is 589 g/mol. The molecule has 11 heteroatoms. The third kappa shape index (κ3) is 4.28. The maximum atomic E-state index is 15.3. The first kappa shape index (κ1) is 27.7. The number of aromatic nitrogens is 3. The second-order valence-electron chi connectivity index (χ2n) is 10.8. The number of carbonyl (C=O) groups excluding carboxylic acids is 1. The number of fused-ring (bicyclic) bond motifs is 2. The Morgan fingerprint density at radius 2 is 2.07 bits per heavy atom. The van der Waals surface area contributed by atoms with E-state index in [1.54, 1.807) is 17.2 Å². The van der Waals surface area contributed by atoms with Gasteiger partial charge in [-0.2, -0.15) is 4.98 Å². The third-order valence-electron chi connectivity index (χ3n) is 7.90. The quantitative estimate of drug-likeness (QED) is 0.335. The number of ether oxygens (including phenoxy) is 1. The van der Waals surface area contributed by atoms with Crippen molar-refractivity contribution in [3.05, 3.63) is 81.8 Å². The summed E-state index contributed by atoms with van der Waals surface area (Å²) in [5.74, 6) is -0.642. The maximum absolute atomic E-state index is 15.3. The molecule has 2 aliphatic heterocycles. The lowest BCUT2D eigenvalue weighted by Gasteiger charge is -2.40. The van der Waals surface area contributed by atoms with E-state index in [9.17, 15) is 14.7 Å². The van der Waals surface area contributed by atoms with Crippen LogP contribution in [0.5, 0.6) is 11.5 Å². The predicted molar refractivity (Wildman–Crippen MR) is 159 cm³/mol. The normalized spacial score (nSPS) is 16.3. The third-order valence-corrected chi connectivity index (χ3v) is 8.28. The number of aromatic hydroxyl groups is 1. The highest BCUT2D eigenvalue weighted by Crippen LogP contribution is 2.48. The van der Waals surface area contributed by atoms with E-state index in [1.807, 2.05) is 31.7 Å². The number of benzene rings is 2. The molecule has 1 amide bonds. The number of piperazine rings is 1. The van der Waals surface area contributed by atoms with Crippen LogP contribution in [0.15, 0.2) is 54.0 Å². The van der Waals surface area contributed by atoms with E-state index >= 15 is 4.39 Å². The number of rotatable bonds is 4. The van der Waals surface area contributed by atoms with E-state index in [1.165, 1.54) is 28.8 Å². The van der Waals surface area contributed by atoms with Crippen molar-refractivity contribution in [2.75, 3.05) is 31.1 Å². The summed E-state index contributed by atoms with van der Waals surface area (Å²) < 4.78 is 23.1. The molecule has 1 fully saturated rings. The Kier molecular flexibility index (Phi) is 6.89. The number of aryl methyl sites for hydroxylation is 1. The van der Waals surface area contributed by atoms with Crippen LogP contribution < -0.4 is 15.3 Å². The van der Waals surface area contributed by atoms with Crippen molar-refractivity contribution in [1.29, 1.82) is 0 Å². The number of halogens is 2. The van der Waals surface area contributed by atoms with Gasteiger partial charge in [0, 0.05) is 31.4 Å². The number of amides is 1. The number of phenolic OH excluding ortho intramolecular Hbond substituents is 1. The first-order valence-corrected chi connectivity index (χ1v) is 14.0. The van der Waals surface area contributed by atoms with Crippen molar-refractivity contribution in [3.63, 3.8) is 0 Å². The van der Waals surface area contributed by atoms with Crippen LogP contribution in [0, 0.1) is 12.7 Å². The Bertz CT molecular complexity index is 1820. The van der Waals surface area contributed by atoms with Crippen LogP contribution in [0.1, 0.15) is 31.0 Å². The zero-order valence-electron chi connectivity index (χ0n) is 23.4. The summed E-state index contributed by atoms with van der Waals surface area (Å²) in [5.41, 5.74) is 1.92. The Labute approximate surface area is 246 Å². The van der Waals surface area contributed by atoms with Crippen LogP contribution in [0.2, 0.25) is 5.02 Å². The average Bonchev–Trinajstić information content (AvgIpc) is 3.12. The van der Waals surface area contributed by atoms with Gasteiger partial charge in [-0.1, -0.05) is 38.1 Å². The summed E-state index contributed by atoms with van der Waals surface area (Å²) in [5, 5.41) is 11.3. The highest BCUT2D eigenvalue weighted by atomic mass is 35.5. The van der Waals surface area contributed by atoms with E-state index in [0.29, 0.717) is 47.7 Å². The summed E-state index contributed by atoms with van der Waals surface area (Å²) >= 11 is 6.97. The van der Waals surface area contributed by atoms with E-state index < -0.39 is 11.5 Å². The molecule has 216 valence electrons. The van der Waals surface area contributed by atoms with Gasteiger partial charge in [0.25, 0.3) is 0 Å². The first-order valence-electron chi connectivity index (χ1n) is 13.7. The molecule has 42 heavy (non-hydrogen) atoms. The Morgan fingerprint density at radius 1 is 1.29 bits per heavy atom. The number of hydrogen-bond donors (Lipinski definition) is 1. The van der Waals surface area contributed by atoms with Gasteiger partial charge in [-0.3, -0.25) is 14.3 Å². The molecule has 0 saturated carbocycles. The SMILES string of the molecule is C=CC(=O)N1CCN2c3nc(=O)n(-c4c(C)ccnc4C(C)C)c4cc(-c5c(O)cccc5F)c(Cl)c(c34)OCC2C1. The van der Waals surface area contributed by atoms with Crippen molar-refractivity contribution in [3.8, 4) is 28.3 Å². The summed E-state index contributed by atoms with van der Waals surface area (Å²) in [6, 6.07) is 7.07. The number of phenols is 1. The van der Waals surface area contributed by atoms with Gasteiger partial charge >= 0.3 is 5.69 Å². The molecule has 1 N–H and O–H groups in total. The van der Waals surface area contributed by atoms with E-state index in [2.05, 4.69) is 16.5 Å². The van der Waals surface area contributed by atoms with E-state index in [4.69, 9.17) is 16.3 Å². The molecular weight excluding hydrogens is 561 g/mol. The molecular formula is C31H29ClFN5O4. The van der Waals surface area contributed by atoms with Gasteiger partial charge in [0.05, 0.1) is 38.9 Å². The van der Waals surface area contributed by atoms with Crippen molar-refractivity contribution in [1.82, 2.24) is 19.4 Å². The molecule has 6 rings (SSSR count). The van der Waals surface area contributed by atoms with Crippen molar-refractivity contribution in [2.45, 2.75) is 32.7 Å². The zero-order valence-corrected chi connectivity index (χ0v) is 24.2. The molecule has 9 nitrogen and oxygen atoms in total. The van der Waals surface area contributed by atoms with E-state index in [-0.39, 0.29) is 52.1 Å². The molecule has 0 aliphatic carbocycles. The van der Waals surface area contributed by atoms with Gasteiger partial charge in [0.15, 0.2) is 5.75 Å². The number of hydrogen-bond acceptors (Lipinski definition) is 7. The molecule has 4 heterocycles. The smallest absolute Gasteiger partial charge is 0.354 e. The molecule has 4 aromatic rings. The molecule has 2 aromatic heterocycles. The highest BCUT2D eigenvalue weighted by molar-refractivity contribution is 6.36. The first-order chi connectivity index (χ1) is 20.1. The van der Waals surface area contributed by atoms with Crippen LogP contribution in [-0.4, -0.2) is 62.7 Å². The van der Waals surface area contributed by atoms with Gasteiger partial charge in [-0.05, 0) is 48.7 Å². The standard InChI is InChI=1S/C31H29ClFN5O4/c1-5-23(40)36-11-12-37-18(14-36)15-42-29-25-21(13-19(26(29)32)24-20(33)7-6-8-22(24)39)38(31(41)35-30(25)37)28-17(4)9-10-34-27(28)16(2)3/h5-10,13,16,18,39H,1,11-12,14-15H2,2-4H3. The minimum Gasteiger partial charge on any atom is -0.507 e. The van der Waals surface area contributed by atoms with Gasteiger partial charge in [0.2, 0.25) is 5.91 Å². The lowest BCUT2D eigenvalue weighted by Crippen LogP contribution is -2.56. The number of pyridine rings is 1. The molecule has 2 aliphatic rings. The molecule has 0 bridgehead atoms. The minimum atomic E-state index is -0.684. The molecule has 0 radical (unpaired) electrons. The molecule has 0 spiro atoms. The highest BCUT2D eigenvalue weighted by Gasteiger charge is 2.37. The number of anilines is 1. The van der Waals surface area contributed by atoms with Crippen LogP contribution in [0.3, 0.4) is 0 Å². The van der Waals surface area contributed by atoms with Crippen molar-refractivity contribution >= 4 is 34.2 Å². The second kappa shape index (κ2) is 10.4. The van der Waals surface area contributed by atoms with Crippen LogP contribution in [0.4, 0.5) is 10.2 Å². The van der Waals surface area contributed by atoms with Crippen molar-refractivity contribution < 1.29 is 19.0 Å². The lowest BCUT2D eigenvalue weighted by molar-refractivity contribution is -0.126. The fourth-order valence-electron chi connectivity index (χ4n) is 5.90. The van der Waals surface area contributed by atoms with Gasteiger partial charge < -0.3 is 19.6 Å². The van der Waals surface area contributed by atoms with Gasteiger partial charge in [-0.15, -0.1) is 0 Å². The van der Waals surface area contributed by atoms with Crippen LogP contribution in [0.25, 0.3) is 27.7 Å². The van der Waals surface area contributed by atoms with Crippen LogP contribution in [-0.2, 0) is 4.79 Å². The summed E-state index contributed by atoms with van der Waals surface area (Å²) in [4.78, 5) is 39.3. The Hall–Kier alpha value is -4.44. The predicted octanol–water partition coefficient (Wildman–Crippen LogP) is 4.97. The van der Waals surface area contributed by atoms with Gasteiger partial charge in [-0.25, -0.2) is 9.18 Å². The summed E-state index contributed by atoms with van der Waals surface area (Å²) in [7, 11) is 0. The fraction of sp³-hybridized carbons (Fsp3) is 0.290. The van der Waals surface area contributed by atoms with Gasteiger partial charge in [0.1, 0.15) is 24.0 Å². The van der Waals surface area contributed by atoms with E-state index in [0.717, 1.165) is 5.56 Å². The van der Waals surface area contributed by atoms with Crippen molar-refractivity contribution in [2.24, 2.45) is 0 Å². The zero-order chi connectivity index (χ0) is 29.9. The number of carbonyl (C=O) groups is 1. The number of nitrogens with zero attached hydrogens (tertiary/aromatic N) is 5. The maximum Gasteiger partial charge on any atom is 0.354 e. The molecule has 1 unspecified atom stereocenters. The topological polar surface area (TPSA) is 101 Å². The molecule has 2 aromatic carbocycles. The largest absolute Gasteiger partial charge is 0.507 e.